The molecule has 0 saturated carbocycles. The standard InChI is InChI=1S/C45H46N4O.Pd/c1-9-33-21-22-46-43(23-33)48-40-16-11-10-15-38(40)39-19-18-36(27-42(39)48)50-37-25-34(29(4)5)24-35(26-37)49-41(20-17-28(2)3)45(32(8)47-49)44-30(6)13-12-14-31(44)7;/h10-16,18-19,21-25,28-29H,9,17,20H2,1-8H3;/q-2;+2. The van der Waals surface area contributed by atoms with Gasteiger partial charge < -0.3 is 9.30 Å². The van der Waals surface area contributed by atoms with Crippen LogP contribution in [0.1, 0.15) is 80.6 Å². The molecule has 0 bridgehead atoms. The van der Waals surface area contributed by atoms with E-state index < -0.39 is 0 Å². The average Bonchev–Trinajstić information content (AvgIpc) is 3.61. The topological polar surface area (TPSA) is 44.9 Å². The summed E-state index contributed by atoms with van der Waals surface area (Å²) >= 11 is 0. The summed E-state index contributed by atoms with van der Waals surface area (Å²) in [5.41, 5.74) is 12.6. The molecule has 5 nitrogen and oxygen atoms in total. The van der Waals surface area contributed by atoms with Gasteiger partial charge in [0.05, 0.1) is 5.69 Å². The maximum Gasteiger partial charge on any atom is 2.00 e. The number of rotatable bonds is 10. The van der Waals surface area contributed by atoms with Crippen LogP contribution >= 0.6 is 0 Å². The molecular weight excluding hydrogens is 719 g/mol. The molecule has 6 heteroatoms. The summed E-state index contributed by atoms with van der Waals surface area (Å²) in [7, 11) is 0. The number of hydrogen-bond donors (Lipinski definition) is 0. The zero-order chi connectivity index (χ0) is 35.1. The van der Waals surface area contributed by atoms with Gasteiger partial charge in [-0.25, -0.2) is 4.98 Å². The van der Waals surface area contributed by atoms with Gasteiger partial charge in [0.2, 0.25) is 0 Å². The van der Waals surface area contributed by atoms with Crippen molar-refractivity contribution in [1.29, 1.82) is 0 Å². The molecule has 0 aliphatic carbocycles. The molecule has 0 spiro atoms. The fourth-order valence-corrected chi connectivity index (χ4v) is 7.11. The van der Waals surface area contributed by atoms with Gasteiger partial charge in [0.25, 0.3) is 0 Å². The van der Waals surface area contributed by atoms with E-state index in [4.69, 9.17) is 14.8 Å². The van der Waals surface area contributed by atoms with Gasteiger partial charge in [-0.1, -0.05) is 76.5 Å². The Labute approximate surface area is 316 Å². The van der Waals surface area contributed by atoms with Crippen LogP contribution in [0.4, 0.5) is 0 Å². The van der Waals surface area contributed by atoms with Crippen molar-refractivity contribution in [3.8, 4) is 34.1 Å². The molecule has 0 N–H and O–H groups in total. The van der Waals surface area contributed by atoms with Crippen molar-refractivity contribution >= 4 is 21.8 Å². The Morgan fingerprint density at radius 2 is 1.55 bits per heavy atom. The van der Waals surface area contributed by atoms with Crippen molar-refractivity contribution in [2.45, 2.75) is 80.6 Å². The number of fused-ring (bicyclic) bond motifs is 3. The Morgan fingerprint density at radius 1 is 0.784 bits per heavy atom. The molecule has 0 atom stereocenters. The van der Waals surface area contributed by atoms with Crippen molar-refractivity contribution < 1.29 is 25.2 Å². The van der Waals surface area contributed by atoms with Crippen molar-refractivity contribution in [3.63, 3.8) is 0 Å². The predicted molar refractivity (Wildman–Crippen MR) is 206 cm³/mol. The van der Waals surface area contributed by atoms with Gasteiger partial charge in [-0.3, -0.25) is 4.68 Å². The van der Waals surface area contributed by atoms with Gasteiger partial charge in [0, 0.05) is 34.5 Å². The minimum Gasteiger partial charge on any atom is -0.509 e. The second-order valence-electron chi connectivity index (χ2n) is 14.3. The van der Waals surface area contributed by atoms with Gasteiger partial charge in [-0.2, -0.15) is 11.2 Å². The van der Waals surface area contributed by atoms with E-state index in [0.717, 1.165) is 58.3 Å². The molecule has 0 aliphatic heterocycles. The zero-order valence-electron chi connectivity index (χ0n) is 30.9. The summed E-state index contributed by atoms with van der Waals surface area (Å²) < 4.78 is 11.0. The Morgan fingerprint density at radius 3 is 2.27 bits per heavy atom. The van der Waals surface area contributed by atoms with Gasteiger partial charge in [-0.15, -0.1) is 41.3 Å². The van der Waals surface area contributed by atoms with Crippen molar-refractivity contribution in [2.24, 2.45) is 5.92 Å². The summed E-state index contributed by atoms with van der Waals surface area (Å²) in [5.74, 6) is 3.00. The van der Waals surface area contributed by atoms with Crippen LogP contribution in [0.25, 0.3) is 44.4 Å². The van der Waals surface area contributed by atoms with Gasteiger partial charge >= 0.3 is 20.4 Å². The summed E-state index contributed by atoms with van der Waals surface area (Å²) in [6, 6.07) is 35.0. The third-order valence-electron chi connectivity index (χ3n) is 9.82. The largest absolute Gasteiger partial charge is 2.00 e. The van der Waals surface area contributed by atoms with E-state index in [1.165, 1.54) is 39.1 Å². The number of pyridine rings is 1. The van der Waals surface area contributed by atoms with E-state index in [-0.39, 0.29) is 26.3 Å². The summed E-state index contributed by atoms with van der Waals surface area (Å²) in [4.78, 5) is 4.78. The number of ether oxygens (including phenoxy) is 1. The summed E-state index contributed by atoms with van der Waals surface area (Å²) in [6.07, 6.45) is 4.81. The normalized spacial score (nSPS) is 11.6. The molecule has 0 amide bonds. The zero-order valence-corrected chi connectivity index (χ0v) is 32.4. The molecule has 0 aliphatic rings. The number of aromatic nitrogens is 4. The Bertz CT molecular complexity index is 2320. The molecule has 3 aromatic heterocycles. The fraction of sp³-hybridized carbons (Fsp3) is 0.289. The van der Waals surface area contributed by atoms with Crippen LogP contribution in [0.15, 0.2) is 85.1 Å². The molecule has 7 aromatic rings. The molecule has 262 valence electrons. The van der Waals surface area contributed by atoms with E-state index in [9.17, 15) is 0 Å². The third-order valence-corrected chi connectivity index (χ3v) is 9.82. The van der Waals surface area contributed by atoms with E-state index in [2.05, 4.69) is 150 Å². The molecule has 7 rings (SSSR count). The SMILES string of the molecule is CCc1ccnc(-n2c3[c-]c(Oc4[c-]c(-n5nc(C)c(-c6c(C)cccc6C)c5CCC(C)C)cc(C(C)C)c4)ccc3c3ccccc32)c1.[Pd+2]. The molecule has 3 heterocycles. The first-order valence-corrected chi connectivity index (χ1v) is 17.9. The average molecular weight is 765 g/mol. The van der Waals surface area contributed by atoms with E-state index >= 15 is 0 Å². The van der Waals surface area contributed by atoms with Gasteiger partial charge in [0.15, 0.2) is 0 Å². The Balaban J connectivity index is 0.00000448. The Kier molecular flexibility index (Phi) is 10.7. The predicted octanol–water partition coefficient (Wildman–Crippen LogP) is 11.6. The van der Waals surface area contributed by atoms with Crippen molar-refractivity contribution in [1.82, 2.24) is 19.3 Å². The van der Waals surface area contributed by atoms with E-state index in [1.54, 1.807) is 0 Å². The minimum absolute atomic E-state index is 0. The van der Waals surface area contributed by atoms with Crippen LogP contribution in [-0.4, -0.2) is 19.3 Å². The first-order valence-electron chi connectivity index (χ1n) is 17.9. The molecule has 0 fully saturated rings. The number of nitrogens with zero attached hydrogens (tertiary/aromatic N) is 4. The fourth-order valence-electron chi connectivity index (χ4n) is 7.11. The molecular formula is C45H46N4OPd. The maximum atomic E-state index is 6.68. The molecule has 4 aromatic carbocycles. The first kappa shape index (κ1) is 36.3. The summed E-state index contributed by atoms with van der Waals surface area (Å²) in [6.45, 7) is 17.7. The van der Waals surface area contributed by atoms with Crippen LogP contribution in [-0.2, 0) is 33.3 Å². The maximum absolute atomic E-state index is 6.68. The van der Waals surface area contributed by atoms with Crippen LogP contribution < -0.4 is 4.74 Å². The van der Waals surface area contributed by atoms with Crippen LogP contribution in [0, 0.1) is 38.8 Å². The van der Waals surface area contributed by atoms with Gasteiger partial charge in [0.1, 0.15) is 5.82 Å². The molecule has 51 heavy (non-hydrogen) atoms. The second kappa shape index (κ2) is 15.0. The van der Waals surface area contributed by atoms with Crippen molar-refractivity contribution in [2.75, 3.05) is 0 Å². The number of hydrogen-bond acceptors (Lipinski definition) is 3. The second-order valence-corrected chi connectivity index (χ2v) is 14.3. The first-order chi connectivity index (χ1) is 24.1. The summed E-state index contributed by atoms with van der Waals surface area (Å²) in [5, 5.41) is 7.47. The molecule has 0 unspecified atom stereocenters. The van der Waals surface area contributed by atoms with E-state index in [0.29, 0.717) is 17.4 Å². The van der Waals surface area contributed by atoms with Crippen molar-refractivity contribution in [3.05, 3.63) is 131 Å². The van der Waals surface area contributed by atoms with Gasteiger partial charge in [-0.05, 0) is 103 Å². The van der Waals surface area contributed by atoms with Crippen LogP contribution in [0.3, 0.4) is 0 Å². The smallest absolute Gasteiger partial charge is 0.509 e. The third kappa shape index (κ3) is 7.05. The van der Waals surface area contributed by atoms with Crippen LogP contribution in [0.2, 0.25) is 0 Å². The quantitative estimate of drug-likeness (QED) is 0.103. The monoisotopic (exact) mass is 764 g/mol. The number of benzene rings is 4. The molecule has 0 radical (unpaired) electrons. The van der Waals surface area contributed by atoms with E-state index in [1.807, 2.05) is 12.3 Å². The Hall–Kier alpha value is -4.50. The molecule has 0 saturated heterocycles. The number of para-hydroxylation sites is 1. The number of aryl methyl sites for hydroxylation is 4. The minimum atomic E-state index is 0. The van der Waals surface area contributed by atoms with Crippen LogP contribution in [0.5, 0.6) is 11.5 Å².